The second-order valence-electron chi connectivity index (χ2n) is 2.79. The van der Waals surface area contributed by atoms with E-state index in [-0.39, 0.29) is 11.9 Å². The maximum Gasteiger partial charge on any atom is 0.243 e. The predicted octanol–water partition coefficient (Wildman–Crippen LogP) is 1.33. The molecule has 0 saturated carbocycles. The van der Waals surface area contributed by atoms with Gasteiger partial charge in [-0.3, -0.25) is 10.0 Å². The van der Waals surface area contributed by atoms with E-state index in [1.165, 1.54) is 6.92 Å². The van der Waals surface area contributed by atoms with Crippen LogP contribution in [0, 0.1) is 0 Å². The van der Waals surface area contributed by atoms with E-state index in [1.54, 1.807) is 0 Å². The molecule has 3 nitrogen and oxygen atoms in total. The lowest BCUT2D eigenvalue weighted by Gasteiger charge is -2.23. The van der Waals surface area contributed by atoms with Crippen LogP contribution in [0.1, 0.15) is 26.2 Å². The summed E-state index contributed by atoms with van der Waals surface area (Å²) in [4.78, 5) is 10.7. The van der Waals surface area contributed by atoms with Crippen LogP contribution in [0.5, 0.6) is 0 Å². The topological polar surface area (TPSA) is 40.5 Å². The number of nitrogens with zero attached hydrogens (tertiary/aromatic N) is 1. The molecule has 1 aliphatic carbocycles. The average molecular weight is 155 g/mol. The van der Waals surface area contributed by atoms with Crippen molar-refractivity contribution in [2.24, 2.45) is 0 Å². The number of allylic oxidation sites excluding steroid dienone is 1. The van der Waals surface area contributed by atoms with Gasteiger partial charge in [0.05, 0.1) is 6.04 Å². The highest BCUT2D eigenvalue weighted by Gasteiger charge is 2.17. The predicted molar refractivity (Wildman–Crippen MR) is 41.1 cm³/mol. The Bertz CT molecular complexity index is 177. The summed E-state index contributed by atoms with van der Waals surface area (Å²) >= 11 is 0. The summed E-state index contributed by atoms with van der Waals surface area (Å²) < 4.78 is 0. The molecule has 0 radical (unpaired) electrons. The van der Waals surface area contributed by atoms with Crippen LogP contribution in [0.2, 0.25) is 0 Å². The van der Waals surface area contributed by atoms with Gasteiger partial charge in [0.2, 0.25) is 5.91 Å². The summed E-state index contributed by atoms with van der Waals surface area (Å²) in [7, 11) is 0. The molecular weight excluding hydrogens is 142 g/mol. The fraction of sp³-hybridized carbons (Fsp3) is 0.625. The van der Waals surface area contributed by atoms with Gasteiger partial charge in [-0.25, -0.2) is 5.06 Å². The number of carbonyl (C=O) groups excluding carboxylic acids is 1. The van der Waals surface area contributed by atoms with Crippen LogP contribution in [0.3, 0.4) is 0 Å². The Kier molecular flexibility index (Phi) is 2.65. The number of carbonyl (C=O) groups is 1. The molecule has 62 valence electrons. The molecule has 1 amide bonds. The van der Waals surface area contributed by atoms with E-state index in [1.807, 2.05) is 12.2 Å². The Morgan fingerprint density at radius 2 is 2.45 bits per heavy atom. The lowest BCUT2D eigenvalue weighted by Crippen LogP contribution is -2.35. The fourth-order valence-corrected chi connectivity index (χ4v) is 1.23. The van der Waals surface area contributed by atoms with Crippen molar-refractivity contribution in [2.75, 3.05) is 0 Å². The number of hydrogen-bond acceptors (Lipinski definition) is 2. The quantitative estimate of drug-likeness (QED) is 0.352. The Balaban J connectivity index is 2.52. The van der Waals surface area contributed by atoms with Crippen molar-refractivity contribution in [1.29, 1.82) is 0 Å². The van der Waals surface area contributed by atoms with Gasteiger partial charge in [0.1, 0.15) is 0 Å². The van der Waals surface area contributed by atoms with Crippen LogP contribution in [0.25, 0.3) is 0 Å². The van der Waals surface area contributed by atoms with E-state index < -0.39 is 0 Å². The lowest BCUT2D eigenvalue weighted by molar-refractivity contribution is -0.169. The lowest BCUT2D eigenvalue weighted by atomic mass is 10.0. The van der Waals surface area contributed by atoms with Gasteiger partial charge < -0.3 is 0 Å². The minimum absolute atomic E-state index is 0.0961. The zero-order chi connectivity index (χ0) is 8.27. The minimum Gasteiger partial charge on any atom is -0.285 e. The van der Waals surface area contributed by atoms with Crippen molar-refractivity contribution >= 4 is 5.91 Å². The summed E-state index contributed by atoms with van der Waals surface area (Å²) in [6, 6.07) is -0.0961. The zero-order valence-electron chi connectivity index (χ0n) is 6.66. The van der Waals surface area contributed by atoms with E-state index in [2.05, 4.69) is 0 Å². The van der Waals surface area contributed by atoms with Crippen LogP contribution < -0.4 is 0 Å². The van der Waals surface area contributed by atoms with E-state index >= 15 is 0 Å². The summed E-state index contributed by atoms with van der Waals surface area (Å²) in [6.45, 7) is 1.36. The van der Waals surface area contributed by atoms with Crippen LogP contribution in [-0.2, 0) is 4.79 Å². The normalized spacial score (nSPS) is 23.3. The van der Waals surface area contributed by atoms with E-state index in [0.717, 1.165) is 24.3 Å². The van der Waals surface area contributed by atoms with E-state index in [4.69, 9.17) is 0 Å². The first kappa shape index (κ1) is 8.27. The highest BCUT2D eigenvalue weighted by atomic mass is 16.5. The van der Waals surface area contributed by atoms with Gasteiger partial charge in [0.15, 0.2) is 0 Å². The Morgan fingerprint density at radius 1 is 1.73 bits per heavy atom. The standard InChI is InChI=1S/C8H13NO2/c1-7(10)9(11)8-5-3-2-4-6-8/h3,5,8,11H,2,4,6H2,1H3. The average Bonchev–Trinajstić information content (AvgIpc) is 2.05. The van der Waals surface area contributed by atoms with Gasteiger partial charge in [-0.15, -0.1) is 0 Å². The zero-order valence-corrected chi connectivity index (χ0v) is 6.66. The molecule has 0 aliphatic heterocycles. The van der Waals surface area contributed by atoms with Crippen LogP contribution in [0.15, 0.2) is 12.2 Å². The molecule has 0 fully saturated rings. The van der Waals surface area contributed by atoms with Gasteiger partial charge >= 0.3 is 0 Å². The van der Waals surface area contributed by atoms with Crippen molar-refractivity contribution < 1.29 is 10.0 Å². The largest absolute Gasteiger partial charge is 0.285 e. The van der Waals surface area contributed by atoms with Crippen LogP contribution in [-0.4, -0.2) is 22.2 Å². The number of hydrogen-bond donors (Lipinski definition) is 1. The fourth-order valence-electron chi connectivity index (χ4n) is 1.23. The van der Waals surface area contributed by atoms with Crippen molar-refractivity contribution in [1.82, 2.24) is 5.06 Å². The summed E-state index contributed by atoms with van der Waals surface area (Å²) in [5.41, 5.74) is 0. The van der Waals surface area contributed by atoms with Crippen molar-refractivity contribution in [3.05, 3.63) is 12.2 Å². The molecule has 3 heteroatoms. The summed E-state index contributed by atoms with van der Waals surface area (Å²) in [6.07, 6.45) is 6.85. The Morgan fingerprint density at radius 3 is 2.91 bits per heavy atom. The van der Waals surface area contributed by atoms with Crippen molar-refractivity contribution in [3.8, 4) is 0 Å². The highest BCUT2D eigenvalue weighted by molar-refractivity contribution is 5.72. The third-order valence-corrected chi connectivity index (χ3v) is 1.87. The molecule has 0 aromatic carbocycles. The molecule has 0 aromatic rings. The minimum atomic E-state index is -0.290. The molecule has 1 atom stereocenters. The smallest absolute Gasteiger partial charge is 0.243 e. The number of amides is 1. The third kappa shape index (κ3) is 2.05. The molecule has 0 aromatic heterocycles. The number of hydroxylamine groups is 2. The Hall–Kier alpha value is -0.830. The maximum absolute atomic E-state index is 10.7. The summed E-state index contributed by atoms with van der Waals surface area (Å²) in [5.74, 6) is -0.290. The highest BCUT2D eigenvalue weighted by Crippen LogP contribution is 2.14. The molecule has 0 bridgehead atoms. The molecule has 0 saturated heterocycles. The maximum atomic E-state index is 10.7. The Labute approximate surface area is 66.3 Å². The second-order valence-corrected chi connectivity index (χ2v) is 2.79. The van der Waals surface area contributed by atoms with Crippen molar-refractivity contribution in [2.45, 2.75) is 32.2 Å². The van der Waals surface area contributed by atoms with Gasteiger partial charge in [-0.1, -0.05) is 12.2 Å². The second kappa shape index (κ2) is 3.53. The molecule has 1 N–H and O–H groups in total. The molecular formula is C8H13NO2. The molecule has 1 unspecified atom stereocenters. The first-order chi connectivity index (χ1) is 5.22. The molecule has 0 heterocycles. The number of rotatable bonds is 1. The molecule has 1 aliphatic rings. The third-order valence-electron chi connectivity index (χ3n) is 1.87. The summed E-state index contributed by atoms with van der Waals surface area (Å²) in [5, 5.41) is 9.98. The SMILES string of the molecule is CC(=O)N(O)C1C=CCCC1. The van der Waals surface area contributed by atoms with Gasteiger partial charge in [0.25, 0.3) is 0 Å². The van der Waals surface area contributed by atoms with Gasteiger partial charge in [-0.05, 0) is 19.3 Å². The van der Waals surface area contributed by atoms with Crippen LogP contribution in [0.4, 0.5) is 0 Å². The molecule has 0 spiro atoms. The first-order valence-electron chi connectivity index (χ1n) is 3.87. The molecule has 11 heavy (non-hydrogen) atoms. The van der Waals surface area contributed by atoms with E-state index in [0.29, 0.717) is 0 Å². The van der Waals surface area contributed by atoms with E-state index in [9.17, 15) is 10.0 Å². The van der Waals surface area contributed by atoms with Crippen LogP contribution >= 0.6 is 0 Å². The van der Waals surface area contributed by atoms with Gasteiger partial charge in [-0.2, -0.15) is 0 Å². The van der Waals surface area contributed by atoms with Crippen molar-refractivity contribution in [3.63, 3.8) is 0 Å². The van der Waals surface area contributed by atoms with Gasteiger partial charge in [0, 0.05) is 6.92 Å². The monoisotopic (exact) mass is 155 g/mol. The molecule has 1 rings (SSSR count). The first-order valence-corrected chi connectivity index (χ1v) is 3.87.